The van der Waals surface area contributed by atoms with Crippen LogP contribution in [0.4, 0.5) is 4.39 Å². The van der Waals surface area contributed by atoms with Crippen LogP contribution in [0.1, 0.15) is 11.6 Å². The number of nitrogens with zero attached hydrogens (tertiary/aromatic N) is 1. The minimum absolute atomic E-state index is 0.112. The van der Waals surface area contributed by atoms with Crippen molar-refractivity contribution in [2.24, 2.45) is 0 Å². The Kier molecular flexibility index (Phi) is 1.57. The molecular weight excluding hydrogens is 157 g/mol. The first-order valence-corrected chi connectivity index (χ1v) is 3.72. The molecule has 0 aromatic carbocycles. The zero-order valence-corrected chi connectivity index (χ0v) is 6.46. The summed E-state index contributed by atoms with van der Waals surface area (Å²) >= 11 is 0. The average Bonchev–Trinajstić information content (AvgIpc) is 2.46. The SMILES string of the molecule is C=CC1COc2cc(F)cnc21. The van der Waals surface area contributed by atoms with Crippen LogP contribution in [0.3, 0.4) is 0 Å². The number of hydrogen-bond acceptors (Lipinski definition) is 2. The van der Waals surface area contributed by atoms with Gasteiger partial charge in [0.1, 0.15) is 18.2 Å². The minimum atomic E-state index is -0.363. The van der Waals surface area contributed by atoms with Gasteiger partial charge in [0.15, 0.2) is 0 Å². The van der Waals surface area contributed by atoms with Crippen LogP contribution in [0.2, 0.25) is 0 Å². The van der Waals surface area contributed by atoms with E-state index < -0.39 is 0 Å². The Balaban J connectivity index is 2.47. The van der Waals surface area contributed by atoms with Crippen LogP contribution < -0.4 is 4.74 Å². The Morgan fingerprint density at radius 1 is 1.75 bits per heavy atom. The van der Waals surface area contributed by atoms with Crippen LogP contribution in [-0.4, -0.2) is 11.6 Å². The number of halogens is 1. The summed E-state index contributed by atoms with van der Waals surface area (Å²) in [7, 11) is 0. The van der Waals surface area contributed by atoms with E-state index in [0.717, 1.165) is 5.69 Å². The standard InChI is InChI=1S/C9H8FNO/c1-2-6-5-12-8-3-7(10)4-11-9(6)8/h2-4,6H,1,5H2. The van der Waals surface area contributed by atoms with E-state index in [2.05, 4.69) is 11.6 Å². The lowest BCUT2D eigenvalue weighted by Gasteiger charge is -1.98. The molecule has 3 heteroatoms. The van der Waals surface area contributed by atoms with E-state index in [0.29, 0.717) is 12.4 Å². The van der Waals surface area contributed by atoms with Gasteiger partial charge < -0.3 is 4.74 Å². The van der Waals surface area contributed by atoms with Gasteiger partial charge in [-0.25, -0.2) is 4.39 Å². The molecular formula is C9H8FNO. The summed E-state index contributed by atoms with van der Waals surface area (Å²) in [6.45, 7) is 4.17. The third kappa shape index (κ3) is 0.978. The van der Waals surface area contributed by atoms with Gasteiger partial charge in [-0.3, -0.25) is 4.98 Å². The fourth-order valence-electron chi connectivity index (χ4n) is 1.26. The smallest absolute Gasteiger partial charge is 0.145 e. The Labute approximate surface area is 69.7 Å². The lowest BCUT2D eigenvalue weighted by atomic mass is 10.1. The first-order valence-electron chi connectivity index (χ1n) is 3.72. The first kappa shape index (κ1) is 7.28. The lowest BCUT2D eigenvalue weighted by molar-refractivity contribution is 0.344. The molecule has 0 N–H and O–H groups in total. The summed E-state index contributed by atoms with van der Waals surface area (Å²) in [4.78, 5) is 3.94. The van der Waals surface area contributed by atoms with Crippen molar-refractivity contribution in [3.05, 3.63) is 36.4 Å². The van der Waals surface area contributed by atoms with Crippen molar-refractivity contribution in [2.45, 2.75) is 5.92 Å². The van der Waals surface area contributed by atoms with E-state index in [-0.39, 0.29) is 11.7 Å². The minimum Gasteiger partial charge on any atom is -0.491 e. The Hall–Kier alpha value is -1.38. The molecule has 0 amide bonds. The second kappa shape index (κ2) is 2.59. The summed E-state index contributed by atoms with van der Waals surface area (Å²) < 4.78 is 17.8. The molecule has 0 fully saturated rings. The fraction of sp³-hybridized carbons (Fsp3) is 0.222. The maximum atomic E-state index is 12.6. The van der Waals surface area contributed by atoms with Crippen molar-refractivity contribution >= 4 is 0 Å². The van der Waals surface area contributed by atoms with E-state index in [4.69, 9.17) is 4.74 Å². The van der Waals surface area contributed by atoms with Crippen LogP contribution in [0, 0.1) is 5.82 Å². The molecule has 2 rings (SSSR count). The third-order valence-electron chi connectivity index (χ3n) is 1.90. The predicted molar refractivity (Wildman–Crippen MR) is 42.6 cm³/mol. The zero-order chi connectivity index (χ0) is 8.55. The van der Waals surface area contributed by atoms with E-state index in [1.54, 1.807) is 6.08 Å². The molecule has 2 heterocycles. The van der Waals surface area contributed by atoms with Crippen molar-refractivity contribution in [2.75, 3.05) is 6.61 Å². The summed E-state index contributed by atoms with van der Waals surface area (Å²) in [5, 5.41) is 0. The van der Waals surface area contributed by atoms with Crippen LogP contribution in [0.25, 0.3) is 0 Å². The molecule has 1 atom stereocenters. The van der Waals surface area contributed by atoms with Crippen LogP contribution in [0.15, 0.2) is 24.9 Å². The second-order valence-corrected chi connectivity index (χ2v) is 2.69. The molecule has 1 aromatic heterocycles. The van der Waals surface area contributed by atoms with E-state index >= 15 is 0 Å². The number of fused-ring (bicyclic) bond motifs is 1. The zero-order valence-electron chi connectivity index (χ0n) is 6.46. The van der Waals surface area contributed by atoms with Gasteiger partial charge in [-0.2, -0.15) is 0 Å². The van der Waals surface area contributed by atoms with Crippen molar-refractivity contribution < 1.29 is 9.13 Å². The van der Waals surface area contributed by atoms with Gasteiger partial charge in [-0.1, -0.05) is 6.08 Å². The van der Waals surface area contributed by atoms with E-state index in [1.165, 1.54) is 12.3 Å². The molecule has 1 aliphatic rings. The predicted octanol–water partition coefficient (Wildman–Crippen LogP) is 1.88. The van der Waals surface area contributed by atoms with E-state index in [9.17, 15) is 4.39 Å². The largest absolute Gasteiger partial charge is 0.491 e. The average molecular weight is 165 g/mol. The molecule has 62 valence electrons. The quantitative estimate of drug-likeness (QED) is 0.593. The highest BCUT2D eigenvalue weighted by molar-refractivity contribution is 5.36. The molecule has 0 aliphatic carbocycles. The van der Waals surface area contributed by atoms with Gasteiger partial charge in [0.2, 0.25) is 0 Å². The lowest BCUT2D eigenvalue weighted by Crippen LogP contribution is -1.96. The van der Waals surface area contributed by atoms with Gasteiger partial charge in [0.25, 0.3) is 0 Å². The Morgan fingerprint density at radius 2 is 2.58 bits per heavy atom. The molecule has 0 bridgehead atoms. The maximum Gasteiger partial charge on any atom is 0.145 e. The molecule has 2 nitrogen and oxygen atoms in total. The van der Waals surface area contributed by atoms with Crippen LogP contribution >= 0.6 is 0 Å². The van der Waals surface area contributed by atoms with Crippen molar-refractivity contribution in [3.8, 4) is 5.75 Å². The normalized spacial score (nSPS) is 19.9. The number of rotatable bonds is 1. The van der Waals surface area contributed by atoms with E-state index in [1.807, 2.05) is 0 Å². The molecule has 0 saturated heterocycles. The van der Waals surface area contributed by atoms with Crippen molar-refractivity contribution in [1.82, 2.24) is 4.98 Å². The van der Waals surface area contributed by atoms with Crippen molar-refractivity contribution in [3.63, 3.8) is 0 Å². The molecule has 12 heavy (non-hydrogen) atoms. The van der Waals surface area contributed by atoms with Crippen molar-refractivity contribution in [1.29, 1.82) is 0 Å². The molecule has 0 radical (unpaired) electrons. The van der Waals surface area contributed by atoms with Gasteiger partial charge in [0, 0.05) is 6.07 Å². The number of aromatic nitrogens is 1. The fourth-order valence-corrected chi connectivity index (χ4v) is 1.26. The summed E-state index contributed by atoms with van der Waals surface area (Å²) in [5.74, 6) is 0.291. The van der Waals surface area contributed by atoms with Crippen LogP contribution in [0.5, 0.6) is 5.75 Å². The summed E-state index contributed by atoms with van der Waals surface area (Å²) in [6, 6.07) is 1.35. The monoisotopic (exact) mass is 165 g/mol. The molecule has 1 unspecified atom stereocenters. The Morgan fingerprint density at radius 3 is 3.33 bits per heavy atom. The highest BCUT2D eigenvalue weighted by atomic mass is 19.1. The maximum absolute atomic E-state index is 12.6. The first-order chi connectivity index (χ1) is 5.81. The highest BCUT2D eigenvalue weighted by Gasteiger charge is 2.23. The molecule has 0 saturated carbocycles. The molecule has 1 aliphatic heterocycles. The Bertz CT molecular complexity index is 324. The van der Waals surface area contributed by atoms with Gasteiger partial charge in [0.05, 0.1) is 17.8 Å². The number of ether oxygens (including phenoxy) is 1. The number of hydrogen-bond donors (Lipinski definition) is 0. The summed E-state index contributed by atoms with van der Waals surface area (Å²) in [6.07, 6.45) is 2.96. The third-order valence-corrected chi connectivity index (χ3v) is 1.90. The summed E-state index contributed by atoms with van der Waals surface area (Å²) in [5.41, 5.74) is 0.784. The van der Waals surface area contributed by atoms with Gasteiger partial charge in [-0.15, -0.1) is 6.58 Å². The second-order valence-electron chi connectivity index (χ2n) is 2.69. The molecule has 0 spiro atoms. The topological polar surface area (TPSA) is 22.1 Å². The van der Waals surface area contributed by atoms with Crippen LogP contribution in [-0.2, 0) is 0 Å². The number of pyridine rings is 1. The highest BCUT2D eigenvalue weighted by Crippen LogP contribution is 2.32. The van der Waals surface area contributed by atoms with Gasteiger partial charge >= 0.3 is 0 Å². The van der Waals surface area contributed by atoms with Gasteiger partial charge in [-0.05, 0) is 0 Å². The molecule has 1 aromatic rings.